The summed E-state index contributed by atoms with van der Waals surface area (Å²) in [4.78, 5) is 13.2. The number of anilines is 1. The van der Waals surface area contributed by atoms with Gasteiger partial charge < -0.3 is 4.90 Å². The molecule has 4 nitrogen and oxygen atoms in total. The largest absolute Gasteiger partial charge is 0.357 e. The first kappa shape index (κ1) is 11.0. The second-order valence-corrected chi connectivity index (χ2v) is 3.84. The van der Waals surface area contributed by atoms with Crippen LogP contribution in [-0.2, 0) is 7.05 Å². The molecule has 78 valence electrons. The van der Waals surface area contributed by atoms with Crippen molar-refractivity contribution in [2.75, 3.05) is 11.9 Å². The molecule has 0 bridgehead atoms. The van der Waals surface area contributed by atoms with Crippen LogP contribution < -0.4 is 10.3 Å². The number of rotatable bonds is 2. The van der Waals surface area contributed by atoms with E-state index >= 15 is 0 Å². The molecule has 0 saturated carbocycles. The lowest BCUT2D eigenvalue weighted by Crippen LogP contribution is -2.30. The summed E-state index contributed by atoms with van der Waals surface area (Å²) in [6.45, 7) is 4.08. The van der Waals surface area contributed by atoms with E-state index in [0.29, 0.717) is 6.04 Å². The predicted octanol–water partition coefficient (Wildman–Crippen LogP) is 1.28. The molecule has 0 spiro atoms. The average Bonchev–Trinajstić information content (AvgIpc) is 2.10. The minimum atomic E-state index is -0.243. The van der Waals surface area contributed by atoms with Crippen molar-refractivity contribution in [2.24, 2.45) is 7.05 Å². The molecular weight excluding hydrogens is 202 g/mol. The van der Waals surface area contributed by atoms with Crippen molar-refractivity contribution < 1.29 is 0 Å². The molecule has 1 aromatic rings. The second kappa shape index (κ2) is 4.00. The highest BCUT2D eigenvalue weighted by Crippen LogP contribution is 2.11. The molecule has 0 atom stereocenters. The molecule has 0 amide bonds. The standard InChI is InChI=1S/C9H14ClN3O/c1-6(2)12(3)8-5-7(14)9(10)11-13(8)4/h5-6H,1-4H3. The van der Waals surface area contributed by atoms with Gasteiger partial charge >= 0.3 is 0 Å². The highest BCUT2D eigenvalue weighted by atomic mass is 35.5. The lowest BCUT2D eigenvalue weighted by atomic mass is 10.3. The predicted molar refractivity (Wildman–Crippen MR) is 58.0 cm³/mol. The quantitative estimate of drug-likeness (QED) is 0.746. The molecule has 0 aliphatic heterocycles. The molecule has 0 aromatic carbocycles. The first-order valence-electron chi connectivity index (χ1n) is 4.40. The average molecular weight is 216 g/mol. The van der Waals surface area contributed by atoms with Crippen LogP contribution in [0.25, 0.3) is 0 Å². The Hall–Kier alpha value is -1.03. The third kappa shape index (κ3) is 2.07. The normalized spacial score (nSPS) is 10.7. The van der Waals surface area contributed by atoms with Crippen molar-refractivity contribution in [3.63, 3.8) is 0 Å². The molecule has 1 heterocycles. The van der Waals surface area contributed by atoms with Gasteiger partial charge in [-0.05, 0) is 13.8 Å². The van der Waals surface area contributed by atoms with Crippen LogP contribution in [0.5, 0.6) is 0 Å². The van der Waals surface area contributed by atoms with E-state index in [-0.39, 0.29) is 10.6 Å². The second-order valence-electron chi connectivity index (χ2n) is 3.49. The van der Waals surface area contributed by atoms with Gasteiger partial charge in [-0.2, -0.15) is 5.10 Å². The summed E-state index contributed by atoms with van der Waals surface area (Å²) >= 11 is 5.61. The third-order valence-corrected chi connectivity index (χ3v) is 2.43. The lowest BCUT2D eigenvalue weighted by molar-refractivity contribution is 0.664. The van der Waals surface area contributed by atoms with Crippen LogP contribution in [0.4, 0.5) is 5.82 Å². The van der Waals surface area contributed by atoms with Crippen LogP contribution in [0.15, 0.2) is 10.9 Å². The van der Waals surface area contributed by atoms with Crippen molar-refractivity contribution in [1.29, 1.82) is 0 Å². The first-order chi connectivity index (χ1) is 6.43. The van der Waals surface area contributed by atoms with Gasteiger partial charge in [-0.15, -0.1) is 0 Å². The van der Waals surface area contributed by atoms with Crippen LogP contribution in [0.2, 0.25) is 5.15 Å². The van der Waals surface area contributed by atoms with E-state index in [1.165, 1.54) is 6.07 Å². The summed E-state index contributed by atoms with van der Waals surface area (Å²) in [6, 6.07) is 1.80. The molecule has 0 aliphatic carbocycles. The van der Waals surface area contributed by atoms with Crippen LogP contribution in [0, 0.1) is 0 Å². The Balaban J connectivity index is 3.22. The van der Waals surface area contributed by atoms with E-state index in [1.54, 1.807) is 11.7 Å². The molecule has 1 rings (SSSR count). The van der Waals surface area contributed by atoms with Crippen molar-refractivity contribution in [2.45, 2.75) is 19.9 Å². The fourth-order valence-corrected chi connectivity index (χ4v) is 1.27. The summed E-state index contributed by atoms with van der Waals surface area (Å²) in [5.74, 6) is 0.759. The van der Waals surface area contributed by atoms with Crippen molar-refractivity contribution in [3.05, 3.63) is 21.4 Å². The monoisotopic (exact) mass is 215 g/mol. The highest BCUT2D eigenvalue weighted by Gasteiger charge is 2.10. The third-order valence-electron chi connectivity index (χ3n) is 2.17. The van der Waals surface area contributed by atoms with Crippen molar-refractivity contribution in [3.8, 4) is 0 Å². The Morgan fingerprint density at radius 3 is 2.64 bits per heavy atom. The Kier molecular flexibility index (Phi) is 3.16. The number of nitrogens with zero attached hydrogens (tertiary/aromatic N) is 3. The summed E-state index contributed by atoms with van der Waals surface area (Å²) in [5, 5.41) is 3.91. The van der Waals surface area contributed by atoms with Gasteiger partial charge in [0.1, 0.15) is 5.82 Å². The Morgan fingerprint density at radius 2 is 2.14 bits per heavy atom. The van der Waals surface area contributed by atoms with Gasteiger partial charge in [0.15, 0.2) is 5.15 Å². The maximum absolute atomic E-state index is 11.3. The van der Waals surface area contributed by atoms with Crippen molar-refractivity contribution >= 4 is 17.4 Å². The van der Waals surface area contributed by atoms with E-state index < -0.39 is 0 Å². The maximum atomic E-state index is 11.3. The maximum Gasteiger partial charge on any atom is 0.221 e. The van der Waals surface area contributed by atoms with Gasteiger partial charge in [-0.1, -0.05) is 11.6 Å². The van der Waals surface area contributed by atoms with E-state index in [4.69, 9.17) is 11.6 Å². The molecule has 0 aliphatic rings. The molecule has 0 N–H and O–H groups in total. The summed E-state index contributed by atoms with van der Waals surface area (Å²) in [5.41, 5.74) is -0.243. The minimum Gasteiger partial charge on any atom is -0.357 e. The molecule has 0 unspecified atom stereocenters. The molecule has 14 heavy (non-hydrogen) atoms. The number of hydrogen-bond acceptors (Lipinski definition) is 3. The van der Waals surface area contributed by atoms with Gasteiger partial charge in [0.05, 0.1) is 0 Å². The number of aryl methyl sites for hydroxylation is 1. The molecule has 5 heteroatoms. The zero-order chi connectivity index (χ0) is 10.9. The summed E-state index contributed by atoms with van der Waals surface area (Å²) in [6.07, 6.45) is 0. The smallest absolute Gasteiger partial charge is 0.221 e. The SMILES string of the molecule is CC(C)N(C)c1cc(=O)c(Cl)nn1C. The van der Waals surface area contributed by atoms with Gasteiger partial charge in [-0.25, -0.2) is 0 Å². The van der Waals surface area contributed by atoms with E-state index in [1.807, 2.05) is 25.8 Å². The van der Waals surface area contributed by atoms with Crippen LogP contribution >= 0.6 is 11.6 Å². The van der Waals surface area contributed by atoms with E-state index in [0.717, 1.165) is 5.82 Å². The molecule has 0 radical (unpaired) electrons. The first-order valence-corrected chi connectivity index (χ1v) is 4.78. The fourth-order valence-electron chi connectivity index (χ4n) is 1.10. The zero-order valence-electron chi connectivity index (χ0n) is 8.78. The summed E-state index contributed by atoms with van der Waals surface area (Å²) in [7, 11) is 3.68. The van der Waals surface area contributed by atoms with Gasteiger partial charge in [0.2, 0.25) is 5.43 Å². The molecule has 0 fully saturated rings. The van der Waals surface area contributed by atoms with Crippen LogP contribution in [0.3, 0.4) is 0 Å². The highest BCUT2D eigenvalue weighted by molar-refractivity contribution is 6.29. The van der Waals surface area contributed by atoms with E-state index in [2.05, 4.69) is 5.10 Å². The van der Waals surface area contributed by atoms with Gasteiger partial charge in [0, 0.05) is 26.2 Å². The number of halogens is 1. The molecular formula is C9H14ClN3O. The molecule has 0 saturated heterocycles. The molecule has 1 aromatic heterocycles. The van der Waals surface area contributed by atoms with E-state index in [9.17, 15) is 4.79 Å². The Labute approximate surface area is 88.1 Å². The Morgan fingerprint density at radius 1 is 1.57 bits per heavy atom. The number of aromatic nitrogens is 2. The number of hydrogen-bond donors (Lipinski definition) is 0. The minimum absolute atomic E-state index is 0.00778. The Bertz CT molecular complexity index is 386. The lowest BCUT2D eigenvalue weighted by Gasteiger charge is -2.24. The van der Waals surface area contributed by atoms with Gasteiger partial charge in [-0.3, -0.25) is 9.48 Å². The summed E-state index contributed by atoms with van der Waals surface area (Å²) < 4.78 is 1.60. The van der Waals surface area contributed by atoms with Crippen LogP contribution in [0.1, 0.15) is 13.8 Å². The van der Waals surface area contributed by atoms with Crippen LogP contribution in [-0.4, -0.2) is 22.9 Å². The zero-order valence-corrected chi connectivity index (χ0v) is 9.54. The van der Waals surface area contributed by atoms with Crippen molar-refractivity contribution in [1.82, 2.24) is 9.78 Å². The van der Waals surface area contributed by atoms with Gasteiger partial charge in [0.25, 0.3) is 0 Å². The topological polar surface area (TPSA) is 38.1 Å². The fraction of sp³-hybridized carbons (Fsp3) is 0.556.